The summed E-state index contributed by atoms with van der Waals surface area (Å²) >= 11 is 0. The van der Waals surface area contributed by atoms with Crippen LogP contribution in [0.3, 0.4) is 0 Å². The summed E-state index contributed by atoms with van der Waals surface area (Å²) in [6.07, 6.45) is 1.09. The van der Waals surface area contributed by atoms with Crippen LogP contribution in [0.25, 0.3) is 0 Å². The van der Waals surface area contributed by atoms with Gasteiger partial charge < -0.3 is 10.5 Å². The van der Waals surface area contributed by atoms with E-state index in [-0.39, 0.29) is 6.04 Å². The van der Waals surface area contributed by atoms with E-state index in [9.17, 15) is 0 Å². The Balaban J connectivity index is 2.43. The lowest BCUT2D eigenvalue weighted by molar-refractivity contribution is 0.289. The summed E-state index contributed by atoms with van der Waals surface area (Å²) in [5, 5.41) is 0. The lowest BCUT2D eigenvalue weighted by atomic mass is 10.1. The van der Waals surface area contributed by atoms with Gasteiger partial charge in [0.2, 0.25) is 0 Å². The molecule has 0 spiro atoms. The van der Waals surface area contributed by atoms with Crippen molar-refractivity contribution in [2.24, 2.45) is 11.7 Å². The molecule has 0 heterocycles. The fraction of sp³-hybridized carbons (Fsp3) is 0.538. The SMILES string of the molecule is CC(C)CCOc1ccc(C(C)N)cc1. The van der Waals surface area contributed by atoms with Gasteiger partial charge in [0.05, 0.1) is 6.61 Å². The standard InChI is InChI=1S/C13H21NO/c1-10(2)8-9-15-13-6-4-12(5-7-13)11(3)14/h4-7,10-11H,8-9,14H2,1-3H3. The molecule has 0 fully saturated rings. The van der Waals surface area contributed by atoms with Gasteiger partial charge in [-0.2, -0.15) is 0 Å². The fourth-order valence-corrected chi connectivity index (χ4v) is 1.28. The first kappa shape index (κ1) is 12.1. The first-order valence-electron chi connectivity index (χ1n) is 5.58. The first-order chi connectivity index (χ1) is 7.09. The minimum atomic E-state index is 0.0923. The largest absolute Gasteiger partial charge is 0.494 e. The lowest BCUT2D eigenvalue weighted by Gasteiger charge is -2.09. The fourth-order valence-electron chi connectivity index (χ4n) is 1.28. The normalized spacial score (nSPS) is 12.9. The Morgan fingerprint density at radius 1 is 1.13 bits per heavy atom. The molecular weight excluding hydrogens is 186 g/mol. The number of hydrogen-bond acceptors (Lipinski definition) is 2. The molecule has 15 heavy (non-hydrogen) atoms. The van der Waals surface area contributed by atoms with Gasteiger partial charge in [-0.05, 0) is 37.0 Å². The Morgan fingerprint density at radius 2 is 1.73 bits per heavy atom. The molecule has 0 aliphatic heterocycles. The van der Waals surface area contributed by atoms with Gasteiger partial charge in [-0.3, -0.25) is 0 Å². The van der Waals surface area contributed by atoms with Crippen LogP contribution in [-0.2, 0) is 0 Å². The number of rotatable bonds is 5. The van der Waals surface area contributed by atoms with Crippen LogP contribution in [-0.4, -0.2) is 6.61 Å². The molecule has 1 aromatic carbocycles. The molecule has 0 bridgehead atoms. The molecule has 0 amide bonds. The molecular formula is C13H21NO. The van der Waals surface area contributed by atoms with Gasteiger partial charge in [0.15, 0.2) is 0 Å². The van der Waals surface area contributed by atoms with Crippen LogP contribution in [0.5, 0.6) is 5.75 Å². The van der Waals surface area contributed by atoms with Crippen molar-refractivity contribution in [1.82, 2.24) is 0 Å². The van der Waals surface area contributed by atoms with Crippen LogP contribution in [0, 0.1) is 5.92 Å². The zero-order valence-corrected chi connectivity index (χ0v) is 9.86. The number of nitrogens with two attached hydrogens (primary N) is 1. The summed E-state index contributed by atoms with van der Waals surface area (Å²) < 4.78 is 5.61. The molecule has 0 saturated heterocycles. The summed E-state index contributed by atoms with van der Waals surface area (Å²) in [7, 11) is 0. The lowest BCUT2D eigenvalue weighted by Crippen LogP contribution is -2.05. The summed E-state index contributed by atoms with van der Waals surface area (Å²) in [5.74, 6) is 1.62. The molecule has 1 atom stereocenters. The van der Waals surface area contributed by atoms with Crippen molar-refractivity contribution in [2.45, 2.75) is 33.2 Å². The molecule has 0 aliphatic carbocycles. The van der Waals surface area contributed by atoms with Crippen molar-refractivity contribution < 1.29 is 4.74 Å². The van der Waals surface area contributed by atoms with E-state index < -0.39 is 0 Å². The minimum Gasteiger partial charge on any atom is -0.494 e. The van der Waals surface area contributed by atoms with Gasteiger partial charge in [0.25, 0.3) is 0 Å². The maximum atomic E-state index is 5.76. The van der Waals surface area contributed by atoms with Crippen molar-refractivity contribution >= 4 is 0 Å². The van der Waals surface area contributed by atoms with E-state index >= 15 is 0 Å². The average Bonchev–Trinajstić information content (AvgIpc) is 2.18. The third-order valence-electron chi connectivity index (χ3n) is 2.37. The van der Waals surface area contributed by atoms with Crippen LogP contribution in [0.1, 0.15) is 38.8 Å². The third kappa shape index (κ3) is 4.34. The Labute approximate surface area is 92.4 Å². The molecule has 0 saturated carbocycles. The minimum absolute atomic E-state index is 0.0923. The van der Waals surface area contributed by atoms with E-state index in [1.165, 1.54) is 0 Å². The van der Waals surface area contributed by atoms with Crippen LogP contribution in [0.15, 0.2) is 24.3 Å². The molecule has 0 aliphatic rings. The highest BCUT2D eigenvalue weighted by Crippen LogP contribution is 2.16. The maximum absolute atomic E-state index is 5.76. The monoisotopic (exact) mass is 207 g/mol. The number of hydrogen-bond donors (Lipinski definition) is 1. The summed E-state index contributed by atoms with van der Waals surface area (Å²) in [6.45, 7) is 7.16. The van der Waals surface area contributed by atoms with Crippen molar-refractivity contribution in [3.63, 3.8) is 0 Å². The topological polar surface area (TPSA) is 35.2 Å². The number of ether oxygens (including phenoxy) is 1. The van der Waals surface area contributed by atoms with E-state index in [0.29, 0.717) is 5.92 Å². The Kier molecular flexibility index (Phi) is 4.63. The first-order valence-corrected chi connectivity index (χ1v) is 5.58. The molecule has 1 unspecified atom stereocenters. The summed E-state index contributed by atoms with van der Waals surface area (Å²) in [6, 6.07) is 8.11. The molecule has 0 radical (unpaired) electrons. The van der Waals surface area contributed by atoms with Gasteiger partial charge >= 0.3 is 0 Å². The molecule has 2 N–H and O–H groups in total. The van der Waals surface area contributed by atoms with Gasteiger partial charge in [-0.25, -0.2) is 0 Å². The van der Waals surface area contributed by atoms with Crippen LogP contribution in [0.2, 0.25) is 0 Å². The molecule has 2 nitrogen and oxygen atoms in total. The van der Waals surface area contributed by atoms with Crippen molar-refractivity contribution in [3.05, 3.63) is 29.8 Å². The van der Waals surface area contributed by atoms with E-state index in [2.05, 4.69) is 13.8 Å². The van der Waals surface area contributed by atoms with E-state index in [1.54, 1.807) is 0 Å². The van der Waals surface area contributed by atoms with E-state index in [4.69, 9.17) is 10.5 Å². The van der Waals surface area contributed by atoms with Gasteiger partial charge in [0.1, 0.15) is 5.75 Å². The van der Waals surface area contributed by atoms with Gasteiger partial charge in [0, 0.05) is 6.04 Å². The number of benzene rings is 1. The van der Waals surface area contributed by atoms with E-state index in [0.717, 1.165) is 24.3 Å². The summed E-state index contributed by atoms with van der Waals surface area (Å²) in [5.41, 5.74) is 6.91. The van der Waals surface area contributed by atoms with Crippen LogP contribution < -0.4 is 10.5 Å². The Morgan fingerprint density at radius 3 is 2.20 bits per heavy atom. The van der Waals surface area contributed by atoms with E-state index in [1.807, 2.05) is 31.2 Å². The molecule has 1 rings (SSSR count). The van der Waals surface area contributed by atoms with Crippen molar-refractivity contribution in [2.75, 3.05) is 6.61 Å². The second-order valence-corrected chi connectivity index (χ2v) is 4.39. The second-order valence-electron chi connectivity index (χ2n) is 4.39. The van der Waals surface area contributed by atoms with Gasteiger partial charge in [-0.1, -0.05) is 26.0 Å². The Hall–Kier alpha value is -1.02. The van der Waals surface area contributed by atoms with Crippen LogP contribution in [0.4, 0.5) is 0 Å². The zero-order valence-electron chi connectivity index (χ0n) is 9.86. The Bertz CT molecular complexity index is 277. The van der Waals surface area contributed by atoms with Gasteiger partial charge in [-0.15, -0.1) is 0 Å². The highest BCUT2D eigenvalue weighted by atomic mass is 16.5. The molecule has 2 heteroatoms. The summed E-state index contributed by atoms with van der Waals surface area (Å²) in [4.78, 5) is 0. The quantitative estimate of drug-likeness (QED) is 0.805. The second kappa shape index (κ2) is 5.76. The highest BCUT2D eigenvalue weighted by molar-refractivity contribution is 5.28. The predicted molar refractivity (Wildman–Crippen MR) is 64.0 cm³/mol. The molecule has 1 aromatic rings. The smallest absolute Gasteiger partial charge is 0.119 e. The third-order valence-corrected chi connectivity index (χ3v) is 2.37. The highest BCUT2D eigenvalue weighted by Gasteiger charge is 2.00. The zero-order chi connectivity index (χ0) is 11.3. The van der Waals surface area contributed by atoms with Crippen molar-refractivity contribution in [3.8, 4) is 5.75 Å². The van der Waals surface area contributed by atoms with Crippen LogP contribution >= 0.6 is 0 Å². The molecule has 0 aromatic heterocycles. The average molecular weight is 207 g/mol. The van der Waals surface area contributed by atoms with Crippen molar-refractivity contribution in [1.29, 1.82) is 0 Å². The molecule has 84 valence electrons. The maximum Gasteiger partial charge on any atom is 0.119 e. The predicted octanol–water partition coefficient (Wildman–Crippen LogP) is 3.13.